The summed E-state index contributed by atoms with van der Waals surface area (Å²) >= 11 is 0. The molecule has 7 nitrogen and oxygen atoms in total. The number of nitrogens with zero attached hydrogens (tertiary/aromatic N) is 2. The highest BCUT2D eigenvalue weighted by molar-refractivity contribution is 7.88. The largest absolute Gasteiger partial charge is 0.363 e. The maximum absolute atomic E-state index is 14.8. The Bertz CT molecular complexity index is 968. The minimum atomic E-state index is -3.45. The molecular formula is C17H19F3N4O3S. The van der Waals surface area contributed by atoms with Crippen LogP contribution >= 0.6 is 0 Å². The Kier molecular flexibility index (Phi) is 4.55. The first-order valence-electron chi connectivity index (χ1n) is 8.58. The second kappa shape index (κ2) is 6.68. The number of benzene rings is 1. The van der Waals surface area contributed by atoms with E-state index in [1.165, 1.54) is 6.20 Å². The lowest BCUT2D eigenvalue weighted by Gasteiger charge is -2.40. The van der Waals surface area contributed by atoms with Gasteiger partial charge in [-0.05, 0) is 24.6 Å². The van der Waals surface area contributed by atoms with Crippen LogP contribution in [0, 0.1) is 11.6 Å². The van der Waals surface area contributed by atoms with Gasteiger partial charge in [-0.2, -0.15) is 4.41 Å². The van der Waals surface area contributed by atoms with E-state index in [9.17, 15) is 21.6 Å². The third-order valence-corrected chi connectivity index (χ3v) is 5.94. The molecule has 3 aliphatic rings. The highest BCUT2D eigenvalue weighted by Gasteiger charge is 2.43. The summed E-state index contributed by atoms with van der Waals surface area (Å²) in [5, 5.41) is 0. The van der Waals surface area contributed by atoms with Gasteiger partial charge in [0.15, 0.2) is 0 Å². The molecule has 1 saturated heterocycles. The van der Waals surface area contributed by atoms with Crippen LogP contribution in [-0.2, 0) is 14.8 Å². The quantitative estimate of drug-likeness (QED) is 0.771. The highest BCUT2D eigenvalue weighted by Crippen LogP contribution is 2.37. The fourth-order valence-electron chi connectivity index (χ4n) is 3.64. The Morgan fingerprint density at radius 3 is 2.71 bits per heavy atom. The molecule has 28 heavy (non-hydrogen) atoms. The Morgan fingerprint density at radius 2 is 2.04 bits per heavy atom. The van der Waals surface area contributed by atoms with Crippen molar-refractivity contribution in [2.75, 3.05) is 12.8 Å². The minimum absolute atomic E-state index is 0.113. The fraction of sp³-hybridized carbons (Fsp3) is 0.412. The Balaban J connectivity index is 1.49. The average Bonchev–Trinajstić information content (AvgIpc) is 3.17. The van der Waals surface area contributed by atoms with Crippen molar-refractivity contribution in [3.63, 3.8) is 0 Å². The van der Waals surface area contributed by atoms with Crippen LogP contribution in [0.15, 0.2) is 41.9 Å². The van der Waals surface area contributed by atoms with Gasteiger partial charge < -0.3 is 15.4 Å². The molecule has 0 radical (unpaired) electrons. The number of alkyl halides is 1. The van der Waals surface area contributed by atoms with Crippen LogP contribution in [0.25, 0.3) is 0 Å². The Hall–Kier alpha value is -2.24. The summed E-state index contributed by atoms with van der Waals surface area (Å²) in [7, 11) is -3.45. The number of hydrogen-bond donors (Lipinski definition) is 2. The molecule has 0 aliphatic carbocycles. The van der Waals surface area contributed by atoms with E-state index >= 15 is 0 Å². The molecule has 3 aliphatic heterocycles. The van der Waals surface area contributed by atoms with E-state index in [1.54, 1.807) is 11.1 Å². The molecule has 0 spiro atoms. The third kappa shape index (κ3) is 3.33. The highest BCUT2D eigenvalue weighted by atomic mass is 32.2. The zero-order valence-electron chi connectivity index (χ0n) is 14.8. The normalized spacial score (nSPS) is 30.0. The van der Waals surface area contributed by atoms with Crippen LogP contribution in [0.5, 0.6) is 0 Å². The molecule has 4 rings (SSSR count). The van der Waals surface area contributed by atoms with Crippen LogP contribution in [0.3, 0.4) is 0 Å². The molecule has 4 atom stereocenters. The second-order valence-electron chi connectivity index (χ2n) is 7.08. The minimum Gasteiger partial charge on any atom is -0.363 e. The van der Waals surface area contributed by atoms with E-state index in [1.807, 2.05) is 0 Å². The number of hydrogen-bond acceptors (Lipinski definition) is 6. The lowest BCUT2D eigenvalue weighted by atomic mass is 9.93. The van der Waals surface area contributed by atoms with Gasteiger partial charge >= 0.3 is 0 Å². The second-order valence-corrected chi connectivity index (χ2v) is 8.94. The van der Waals surface area contributed by atoms with Gasteiger partial charge in [-0.25, -0.2) is 21.6 Å². The van der Waals surface area contributed by atoms with Gasteiger partial charge in [0.1, 0.15) is 17.7 Å². The third-order valence-electron chi connectivity index (χ3n) is 5.03. The molecule has 0 bridgehead atoms. The van der Waals surface area contributed by atoms with E-state index in [0.717, 1.165) is 28.9 Å². The van der Waals surface area contributed by atoms with Crippen molar-refractivity contribution in [1.82, 2.24) is 14.7 Å². The number of rotatable bonds is 3. The summed E-state index contributed by atoms with van der Waals surface area (Å²) in [6.45, 7) is 0.272. The first kappa shape index (κ1) is 19.1. The Morgan fingerprint density at radius 1 is 1.29 bits per heavy atom. The molecule has 0 unspecified atom stereocenters. The van der Waals surface area contributed by atoms with Crippen molar-refractivity contribution in [2.24, 2.45) is 5.73 Å². The van der Waals surface area contributed by atoms with Crippen LogP contribution < -0.4 is 11.2 Å². The van der Waals surface area contributed by atoms with Crippen molar-refractivity contribution in [1.29, 1.82) is 0 Å². The van der Waals surface area contributed by atoms with Crippen LogP contribution in [0.2, 0.25) is 0 Å². The van der Waals surface area contributed by atoms with Crippen LogP contribution in [0.1, 0.15) is 18.1 Å². The number of ether oxygens (including phenoxy) is 1. The van der Waals surface area contributed by atoms with Crippen molar-refractivity contribution >= 4 is 10.0 Å². The zero-order chi connectivity index (χ0) is 20.2. The van der Waals surface area contributed by atoms with Gasteiger partial charge in [0.25, 0.3) is 0 Å². The smallest absolute Gasteiger partial charge is 0.249 e. The summed E-state index contributed by atoms with van der Waals surface area (Å²) in [6.07, 6.45) is 1.36. The maximum Gasteiger partial charge on any atom is 0.249 e. The van der Waals surface area contributed by atoms with E-state index in [4.69, 9.17) is 10.5 Å². The van der Waals surface area contributed by atoms with Crippen molar-refractivity contribution in [3.8, 4) is 0 Å². The molecule has 11 heteroatoms. The van der Waals surface area contributed by atoms with Crippen molar-refractivity contribution < 1.29 is 26.3 Å². The topological polar surface area (TPSA) is 87.9 Å². The van der Waals surface area contributed by atoms with Gasteiger partial charge in [-0.15, -0.1) is 0 Å². The standard InChI is InChI=1S/C17H19F3N4O3S/c1-28(25,26)24-7-9-6-23(8-14(9)22-24)15-5-13(21)16(27-17(15)20)11-4-10(18)2-3-12(11)19/h2-4,7-8,13,15-17,22H,5-6,21H2,1H3/t13-,15+,16+,17-/m0/s1. The molecule has 3 N–H and O–H groups in total. The van der Waals surface area contributed by atoms with Crippen LogP contribution in [-0.4, -0.2) is 49.0 Å². The molecule has 1 fully saturated rings. The summed E-state index contributed by atoms with van der Waals surface area (Å²) in [6, 6.07) is 1.40. The van der Waals surface area contributed by atoms with Crippen molar-refractivity contribution in [2.45, 2.75) is 31.0 Å². The molecule has 1 aromatic rings. The molecule has 3 heterocycles. The van der Waals surface area contributed by atoms with Crippen LogP contribution in [0.4, 0.5) is 13.2 Å². The molecule has 0 aromatic heterocycles. The van der Waals surface area contributed by atoms with Gasteiger partial charge in [-0.3, -0.25) is 5.43 Å². The Labute approximate surface area is 160 Å². The monoisotopic (exact) mass is 416 g/mol. The van der Waals surface area contributed by atoms with E-state index in [-0.39, 0.29) is 18.5 Å². The van der Waals surface area contributed by atoms with Crippen molar-refractivity contribution in [3.05, 3.63) is 59.1 Å². The molecule has 0 amide bonds. The summed E-state index contributed by atoms with van der Waals surface area (Å²) in [5.41, 5.74) is 9.94. The first-order chi connectivity index (χ1) is 13.1. The van der Waals surface area contributed by atoms with Gasteiger partial charge in [0.2, 0.25) is 16.4 Å². The summed E-state index contributed by atoms with van der Waals surface area (Å²) < 4.78 is 71.8. The molecule has 1 aromatic carbocycles. The number of nitrogens with two attached hydrogens (primary N) is 1. The predicted octanol–water partition coefficient (Wildman–Crippen LogP) is 1.24. The molecular weight excluding hydrogens is 397 g/mol. The SMILES string of the molecule is CS(=O)(=O)N1C=C2CN([C@@H]3C[C@H](N)[C@@H](c4cc(F)ccc4F)O[C@@H]3F)C=C2N1. The van der Waals surface area contributed by atoms with E-state index < -0.39 is 46.2 Å². The lowest BCUT2D eigenvalue weighted by Crippen LogP contribution is -2.51. The molecule has 152 valence electrons. The number of hydrazine groups is 1. The number of halogens is 3. The lowest BCUT2D eigenvalue weighted by molar-refractivity contribution is -0.162. The number of fused-ring (bicyclic) bond motifs is 1. The molecule has 0 saturated carbocycles. The fourth-order valence-corrected chi connectivity index (χ4v) is 4.22. The zero-order valence-corrected chi connectivity index (χ0v) is 15.7. The number of sulfonamides is 1. The van der Waals surface area contributed by atoms with Gasteiger partial charge in [0, 0.05) is 36.1 Å². The summed E-state index contributed by atoms with van der Waals surface area (Å²) in [4.78, 5) is 1.66. The average molecular weight is 416 g/mol. The predicted molar refractivity (Wildman–Crippen MR) is 94.2 cm³/mol. The van der Waals surface area contributed by atoms with Gasteiger partial charge in [0.05, 0.1) is 18.0 Å². The number of nitrogens with one attached hydrogen (secondary N) is 1. The van der Waals surface area contributed by atoms with E-state index in [2.05, 4.69) is 5.43 Å². The van der Waals surface area contributed by atoms with E-state index in [0.29, 0.717) is 11.3 Å². The van der Waals surface area contributed by atoms with Gasteiger partial charge in [-0.1, -0.05) is 0 Å². The first-order valence-corrected chi connectivity index (χ1v) is 10.4. The maximum atomic E-state index is 14.8. The summed E-state index contributed by atoms with van der Waals surface area (Å²) in [5.74, 6) is -1.36.